The van der Waals surface area contributed by atoms with Crippen molar-refractivity contribution in [2.75, 3.05) is 10.8 Å². The average molecular weight is 682 g/mol. The highest BCUT2D eigenvalue weighted by Crippen LogP contribution is 2.33. The summed E-state index contributed by atoms with van der Waals surface area (Å²) in [5.41, 5.74) is -0.277. The van der Waals surface area contributed by atoms with Crippen LogP contribution in [0.25, 0.3) is 0 Å². The molecule has 12 heteroatoms. The highest BCUT2D eigenvalue weighted by Gasteiger charge is 2.37. The zero-order chi connectivity index (χ0) is 34.3. The predicted octanol–water partition coefficient (Wildman–Crippen LogP) is 6.74. The van der Waals surface area contributed by atoms with Crippen LogP contribution < -0.4 is 9.62 Å². The molecule has 0 aromatic heterocycles. The fourth-order valence-electron chi connectivity index (χ4n) is 5.79. The second-order valence-corrected chi connectivity index (χ2v) is 13.6. The van der Waals surface area contributed by atoms with Crippen LogP contribution in [-0.4, -0.2) is 43.8 Å². The lowest BCUT2D eigenvalue weighted by Crippen LogP contribution is -2.54. The SMILES string of the molecule is O=C(NC1CCCC1)[C@H](Cc1ccccc1)N(Cc1ccc(F)cc1)C(=O)CN(c1cccc(C(F)(F)F)c1)S(=O)(=O)c1ccccc1. The summed E-state index contributed by atoms with van der Waals surface area (Å²) in [6.07, 6.45) is -1.29. The third-order valence-corrected chi connectivity index (χ3v) is 10.1. The first-order chi connectivity index (χ1) is 22.9. The van der Waals surface area contributed by atoms with E-state index in [0.717, 1.165) is 43.4 Å². The van der Waals surface area contributed by atoms with E-state index in [4.69, 9.17) is 0 Å². The van der Waals surface area contributed by atoms with Gasteiger partial charge in [0.15, 0.2) is 0 Å². The monoisotopic (exact) mass is 681 g/mol. The van der Waals surface area contributed by atoms with Crippen molar-refractivity contribution in [2.24, 2.45) is 0 Å². The first-order valence-electron chi connectivity index (χ1n) is 15.5. The van der Waals surface area contributed by atoms with E-state index < -0.39 is 52.0 Å². The summed E-state index contributed by atoms with van der Waals surface area (Å²) in [5, 5.41) is 3.04. The lowest BCUT2D eigenvalue weighted by Gasteiger charge is -2.34. The molecule has 4 aromatic carbocycles. The largest absolute Gasteiger partial charge is 0.416 e. The minimum Gasteiger partial charge on any atom is -0.352 e. The molecule has 0 aliphatic heterocycles. The lowest BCUT2D eigenvalue weighted by molar-refractivity contribution is -0.140. The zero-order valence-corrected chi connectivity index (χ0v) is 26.8. The van der Waals surface area contributed by atoms with Gasteiger partial charge >= 0.3 is 6.18 Å². The third kappa shape index (κ3) is 8.60. The van der Waals surface area contributed by atoms with Crippen LogP contribution in [0.1, 0.15) is 42.4 Å². The summed E-state index contributed by atoms with van der Waals surface area (Å²) in [7, 11) is -4.58. The first-order valence-corrected chi connectivity index (χ1v) is 17.0. The van der Waals surface area contributed by atoms with Crippen LogP contribution in [0.5, 0.6) is 0 Å². The van der Waals surface area contributed by atoms with Gasteiger partial charge in [-0.05, 0) is 66.4 Å². The molecule has 1 atom stereocenters. The van der Waals surface area contributed by atoms with Crippen LogP contribution in [0.4, 0.5) is 23.2 Å². The summed E-state index contributed by atoms with van der Waals surface area (Å²) >= 11 is 0. The normalized spacial score (nSPS) is 14.3. The second-order valence-electron chi connectivity index (χ2n) is 11.7. The molecule has 0 spiro atoms. The van der Waals surface area contributed by atoms with Gasteiger partial charge in [-0.1, -0.05) is 79.6 Å². The Morgan fingerprint density at radius 2 is 1.44 bits per heavy atom. The number of carbonyl (C=O) groups is 2. The molecule has 0 saturated heterocycles. The summed E-state index contributed by atoms with van der Waals surface area (Å²) in [6.45, 7) is -1.11. The number of amides is 2. The van der Waals surface area contributed by atoms with E-state index in [2.05, 4.69) is 5.32 Å². The fourth-order valence-corrected chi connectivity index (χ4v) is 7.22. The number of nitrogens with zero attached hydrogens (tertiary/aromatic N) is 2. The standard InChI is InChI=1S/C36H35F4N3O4S/c37-29-20-18-27(19-21-29)24-42(33(22-26-10-3-1-4-11-26)35(45)41-30-13-7-8-14-30)34(44)25-43(48(46,47)32-16-5-2-6-17-32)31-15-9-12-28(23-31)36(38,39)40/h1-6,9-12,15-21,23,30,33H,7-8,13-14,22,24-25H2,(H,41,45)/t33-/m0/s1. The quantitative estimate of drug-likeness (QED) is 0.168. The number of sulfonamides is 1. The van der Waals surface area contributed by atoms with Crippen molar-refractivity contribution in [2.45, 2.75) is 61.8 Å². The number of halogens is 4. The molecule has 5 rings (SSSR count). The molecule has 1 saturated carbocycles. The van der Waals surface area contributed by atoms with E-state index in [-0.39, 0.29) is 29.6 Å². The van der Waals surface area contributed by atoms with Gasteiger partial charge in [0.1, 0.15) is 18.4 Å². The van der Waals surface area contributed by atoms with Gasteiger partial charge in [0.25, 0.3) is 10.0 Å². The van der Waals surface area contributed by atoms with Crippen molar-refractivity contribution in [1.82, 2.24) is 10.2 Å². The lowest BCUT2D eigenvalue weighted by atomic mass is 10.0. The molecular formula is C36H35F4N3O4S. The van der Waals surface area contributed by atoms with Gasteiger partial charge in [-0.25, -0.2) is 12.8 Å². The molecule has 0 radical (unpaired) electrons. The van der Waals surface area contributed by atoms with Crippen LogP contribution in [-0.2, 0) is 38.8 Å². The molecule has 0 heterocycles. The Labute approximate surface area is 277 Å². The van der Waals surface area contributed by atoms with E-state index in [9.17, 15) is 35.6 Å². The molecule has 0 unspecified atom stereocenters. The predicted molar refractivity (Wildman–Crippen MR) is 174 cm³/mol. The molecule has 48 heavy (non-hydrogen) atoms. The molecule has 2 amide bonds. The summed E-state index contributed by atoms with van der Waals surface area (Å²) in [4.78, 5) is 29.5. The molecule has 1 N–H and O–H groups in total. The highest BCUT2D eigenvalue weighted by molar-refractivity contribution is 7.92. The Bertz CT molecular complexity index is 1800. The van der Waals surface area contributed by atoms with Gasteiger partial charge in [-0.15, -0.1) is 0 Å². The number of carbonyl (C=O) groups excluding carboxylic acids is 2. The van der Waals surface area contributed by atoms with Gasteiger partial charge in [0.2, 0.25) is 11.8 Å². The molecule has 1 aliphatic carbocycles. The van der Waals surface area contributed by atoms with Crippen molar-refractivity contribution in [1.29, 1.82) is 0 Å². The maximum absolute atomic E-state index is 14.5. The number of anilines is 1. The maximum Gasteiger partial charge on any atom is 0.416 e. The number of hydrogen-bond donors (Lipinski definition) is 1. The number of nitrogens with one attached hydrogen (secondary N) is 1. The van der Waals surface area contributed by atoms with Crippen LogP contribution in [0.2, 0.25) is 0 Å². The van der Waals surface area contributed by atoms with E-state index in [1.165, 1.54) is 59.5 Å². The molecular weight excluding hydrogens is 646 g/mol. The van der Waals surface area contributed by atoms with Crippen molar-refractivity contribution in [3.8, 4) is 0 Å². The number of benzene rings is 4. The maximum atomic E-state index is 14.5. The van der Waals surface area contributed by atoms with Crippen molar-refractivity contribution < 1.29 is 35.6 Å². The van der Waals surface area contributed by atoms with Gasteiger partial charge in [-0.2, -0.15) is 13.2 Å². The smallest absolute Gasteiger partial charge is 0.352 e. The Kier molecular flexibility index (Phi) is 10.8. The molecule has 1 aliphatic rings. The number of alkyl halides is 3. The molecule has 7 nitrogen and oxygen atoms in total. The first kappa shape index (κ1) is 34.6. The van der Waals surface area contributed by atoms with E-state index in [1.807, 2.05) is 0 Å². The average Bonchev–Trinajstić information content (AvgIpc) is 3.59. The minimum absolute atomic E-state index is 0.0708. The fraction of sp³-hybridized carbons (Fsp3) is 0.278. The Morgan fingerprint density at radius 3 is 2.06 bits per heavy atom. The minimum atomic E-state index is -4.78. The number of hydrogen-bond acceptors (Lipinski definition) is 4. The van der Waals surface area contributed by atoms with Crippen LogP contribution in [0.3, 0.4) is 0 Å². The third-order valence-electron chi connectivity index (χ3n) is 8.31. The van der Waals surface area contributed by atoms with Crippen molar-refractivity contribution in [3.63, 3.8) is 0 Å². The highest BCUT2D eigenvalue weighted by atomic mass is 32.2. The zero-order valence-electron chi connectivity index (χ0n) is 25.9. The van der Waals surface area contributed by atoms with E-state index in [1.54, 1.807) is 36.4 Å². The summed E-state index contributed by atoms with van der Waals surface area (Å²) in [6, 6.07) is 23.9. The van der Waals surface area contributed by atoms with Crippen molar-refractivity contribution in [3.05, 3.63) is 132 Å². The molecule has 4 aromatic rings. The van der Waals surface area contributed by atoms with Crippen LogP contribution in [0.15, 0.2) is 114 Å². The van der Waals surface area contributed by atoms with Gasteiger partial charge in [-0.3, -0.25) is 13.9 Å². The van der Waals surface area contributed by atoms with E-state index in [0.29, 0.717) is 15.9 Å². The molecule has 0 bridgehead atoms. The van der Waals surface area contributed by atoms with E-state index >= 15 is 0 Å². The van der Waals surface area contributed by atoms with Crippen LogP contribution in [0, 0.1) is 5.82 Å². The van der Waals surface area contributed by atoms with Gasteiger partial charge < -0.3 is 10.2 Å². The number of rotatable bonds is 12. The van der Waals surface area contributed by atoms with Crippen molar-refractivity contribution >= 4 is 27.5 Å². The summed E-state index contributed by atoms with van der Waals surface area (Å²) in [5.74, 6) is -1.79. The second kappa shape index (κ2) is 15.0. The molecule has 252 valence electrons. The summed E-state index contributed by atoms with van der Waals surface area (Å²) < 4.78 is 83.8. The Balaban J connectivity index is 1.59. The topological polar surface area (TPSA) is 86.8 Å². The van der Waals surface area contributed by atoms with Crippen LogP contribution >= 0.6 is 0 Å². The van der Waals surface area contributed by atoms with Gasteiger partial charge in [0, 0.05) is 19.0 Å². The Hall–Kier alpha value is -4.71. The molecule has 1 fully saturated rings. The Morgan fingerprint density at radius 1 is 0.812 bits per heavy atom. The van der Waals surface area contributed by atoms with Gasteiger partial charge in [0.05, 0.1) is 16.1 Å².